The minimum atomic E-state index is 0.0905. The van der Waals surface area contributed by atoms with Gasteiger partial charge in [-0.3, -0.25) is 9.69 Å². The maximum Gasteiger partial charge on any atom is 0.240 e. The summed E-state index contributed by atoms with van der Waals surface area (Å²) in [6, 6.07) is 0.404. The van der Waals surface area contributed by atoms with Crippen molar-refractivity contribution in [3.05, 3.63) is 17.1 Å². The number of likely N-dealkylation sites (tertiary alicyclic amines) is 1. The SMILES string of the molecule is CC(C)N1CCC(N2CCN(c3nc(C4CC4)nc4c3CCC4)CC2)C1=O. The van der Waals surface area contributed by atoms with Crippen molar-refractivity contribution in [3.63, 3.8) is 0 Å². The quantitative estimate of drug-likeness (QED) is 0.812. The number of nitrogens with zero attached hydrogens (tertiary/aromatic N) is 5. The molecule has 0 bridgehead atoms. The van der Waals surface area contributed by atoms with Gasteiger partial charge in [0, 0.05) is 55.9 Å². The number of carbonyl (C=O) groups excluding carboxylic acids is 1. The number of hydrogen-bond acceptors (Lipinski definition) is 5. The van der Waals surface area contributed by atoms with Crippen LogP contribution in [0.3, 0.4) is 0 Å². The van der Waals surface area contributed by atoms with Gasteiger partial charge in [-0.05, 0) is 52.4 Å². The van der Waals surface area contributed by atoms with Crippen molar-refractivity contribution < 1.29 is 4.79 Å². The van der Waals surface area contributed by atoms with Gasteiger partial charge >= 0.3 is 0 Å². The Balaban J connectivity index is 1.30. The molecule has 1 atom stereocenters. The van der Waals surface area contributed by atoms with Gasteiger partial charge in [-0.25, -0.2) is 9.97 Å². The number of carbonyl (C=O) groups is 1. The largest absolute Gasteiger partial charge is 0.354 e. The molecule has 3 heterocycles. The van der Waals surface area contributed by atoms with E-state index in [4.69, 9.17) is 9.97 Å². The van der Waals surface area contributed by atoms with Crippen LogP contribution in [0.2, 0.25) is 0 Å². The molecular weight excluding hydrogens is 338 g/mol. The van der Waals surface area contributed by atoms with Gasteiger partial charge in [0.15, 0.2) is 0 Å². The zero-order valence-electron chi connectivity index (χ0n) is 16.7. The first kappa shape index (κ1) is 17.4. The first-order chi connectivity index (χ1) is 13.1. The highest BCUT2D eigenvalue weighted by Crippen LogP contribution is 2.40. The van der Waals surface area contributed by atoms with Crippen LogP contribution in [0, 0.1) is 0 Å². The van der Waals surface area contributed by atoms with Crippen LogP contribution in [-0.4, -0.2) is 70.5 Å². The lowest BCUT2D eigenvalue weighted by Crippen LogP contribution is -2.53. The number of fused-ring (bicyclic) bond motifs is 1. The molecule has 2 aliphatic carbocycles. The topological polar surface area (TPSA) is 52.6 Å². The minimum absolute atomic E-state index is 0.0905. The fourth-order valence-corrected chi connectivity index (χ4v) is 5.00. The predicted molar refractivity (Wildman–Crippen MR) is 105 cm³/mol. The van der Waals surface area contributed by atoms with E-state index >= 15 is 0 Å². The van der Waals surface area contributed by atoms with Gasteiger partial charge in [0.05, 0.1) is 6.04 Å². The molecule has 146 valence electrons. The third kappa shape index (κ3) is 3.12. The summed E-state index contributed by atoms with van der Waals surface area (Å²) in [5.41, 5.74) is 2.71. The second-order valence-corrected chi connectivity index (χ2v) is 8.91. The first-order valence-corrected chi connectivity index (χ1v) is 10.8. The zero-order chi connectivity index (χ0) is 18.5. The molecule has 6 nitrogen and oxygen atoms in total. The standard InChI is InChI=1S/C21H31N5O/c1-14(2)26-9-8-18(21(26)27)24-10-12-25(13-11-24)20-16-4-3-5-17(16)22-19(23-20)15-6-7-15/h14-15,18H,3-13H2,1-2H3. The molecule has 0 N–H and O–H groups in total. The lowest BCUT2D eigenvalue weighted by molar-refractivity contribution is -0.133. The van der Waals surface area contributed by atoms with Crippen LogP contribution in [0.1, 0.15) is 62.5 Å². The van der Waals surface area contributed by atoms with Gasteiger partial charge in [-0.2, -0.15) is 0 Å². The molecule has 6 heteroatoms. The predicted octanol–water partition coefficient (Wildman–Crippen LogP) is 1.97. The van der Waals surface area contributed by atoms with Gasteiger partial charge in [-0.15, -0.1) is 0 Å². The smallest absolute Gasteiger partial charge is 0.240 e. The minimum Gasteiger partial charge on any atom is -0.354 e. The van der Waals surface area contributed by atoms with E-state index in [1.165, 1.54) is 36.3 Å². The van der Waals surface area contributed by atoms with Crippen LogP contribution in [0.15, 0.2) is 0 Å². The van der Waals surface area contributed by atoms with Crippen molar-refractivity contribution in [1.29, 1.82) is 0 Å². The number of aryl methyl sites for hydroxylation is 1. The van der Waals surface area contributed by atoms with Gasteiger partial charge in [0.1, 0.15) is 11.6 Å². The molecule has 5 rings (SSSR count). The number of hydrogen-bond donors (Lipinski definition) is 0. The Morgan fingerprint density at radius 3 is 2.41 bits per heavy atom. The maximum absolute atomic E-state index is 12.7. The Morgan fingerprint density at radius 2 is 1.74 bits per heavy atom. The van der Waals surface area contributed by atoms with E-state index in [1.54, 1.807) is 0 Å². The number of piperazine rings is 1. The third-order valence-corrected chi connectivity index (χ3v) is 6.76. The van der Waals surface area contributed by atoms with Crippen LogP contribution in [0.5, 0.6) is 0 Å². The van der Waals surface area contributed by atoms with Crippen LogP contribution in [0.25, 0.3) is 0 Å². The Kier molecular flexibility index (Phi) is 4.34. The van der Waals surface area contributed by atoms with Crippen molar-refractivity contribution in [2.75, 3.05) is 37.6 Å². The van der Waals surface area contributed by atoms with E-state index in [0.29, 0.717) is 17.9 Å². The van der Waals surface area contributed by atoms with Crippen molar-refractivity contribution in [2.24, 2.45) is 0 Å². The van der Waals surface area contributed by atoms with Crippen molar-refractivity contribution >= 4 is 11.7 Å². The summed E-state index contributed by atoms with van der Waals surface area (Å²) in [7, 11) is 0. The van der Waals surface area contributed by atoms with E-state index in [2.05, 4.69) is 23.6 Å². The van der Waals surface area contributed by atoms with Crippen molar-refractivity contribution in [3.8, 4) is 0 Å². The van der Waals surface area contributed by atoms with Crippen LogP contribution >= 0.6 is 0 Å². The van der Waals surface area contributed by atoms with Crippen molar-refractivity contribution in [1.82, 2.24) is 19.8 Å². The third-order valence-electron chi connectivity index (χ3n) is 6.76. The zero-order valence-corrected chi connectivity index (χ0v) is 16.7. The summed E-state index contributed by atoms with van der Waals surface area (Å²) in [5.74, 6) is 3.23. The molecule has 0 radical (unpaired) electrons. The van der Waals surface area contributed by atoms with Crippen LogP contribution in [-0.2, 0) is 17.6 Å². The Bertz CT molecular complexity index is 736. The first-order valence-electron chi connectivity index (χ1n) is 10.8. The molecule has 1 aromatic heterocycles. The van der Waals surface area contributed by atoms with Crippen LogP contribution < -0.4 is 4.90 Å². The fourth-order valence-electron chi connectivity index (χ4n) is 5.00. The monoisotopic (exact) mass is 369 g/mol. The molecule has 2 saturated heterocycles. The average molecular weight is 370 g/mol. The molecule has 1 saturated carbocycles. The second kappa shape index (κ2) is 6.73. The second-order valence-electron chi connectivity index (χ2n) is 8.91. The van der Waals surface area contributed by atoms with E-state index in [-0.39, 0.29) is 6.04 Å². The highest BCUT2D eigenvalue weighted by Gasteiger charge is 2.38. The van der Waals surface area contributed by atoms with E-state index < -0.39 is 0 Å². The summed E-state index contributed by atoms with van der Waals surface area (Å²) in [6.45, 7) is 9.00. The van der Waals surface area contributed by atoms with Gasteiger partial charge < -0.3 is 9.80 Å². The van der Waals surface area contributed by atoms with Gasteiger partial charge in [0.2, 0.25) is 5.91 Å². The summed E-state index contributed by atoms with van der Waals surface area (Å²) in [4.78, 5) is 29.5. The Labute approximate surface area is 161 Å². The average Bonchev–Trinajstić information content (AvgIpc) is 3.29. The van der Waals surface area contributed by atoms with Crippen molar-refractivity contribution in [2.45, 2.75) is 70.4 Å². The Hall–Kier alpha value is -1.69. The molecule has 2 aliphatic heterocycles. The number of rotatable bonds is 4. The van der Waals surface area contributed by atoms with Crippen LogP contribution in [0.4, 0.5) is 5.82 Å². The molecule has 1 aromatic rings. The van der Waals surface area contributed by atoms with Gasteiger partial charge in [0.25, 0.3) is 0 Å². The van der Waals surface area contributed by atoms with E-state index in [0.717, 1.165) is 57.8 Å². The Morgan fingerprint density at radius 1 is 0.963 bits per heavy atom. The molecule has 27 heavy (non-hydrogen) atoms. The maximum atomic E-state index is 12.7. The lowest BCUT2D eigenvalue weighted by atomic mass is 10.1. The number of amides is 1. The molecule has 1 unspecified atom stereocenters. The molecule has 1 amide bonds. The lowest BCUT2D eigenvalue weighted by Gasteiger charge is -2.38. The normalized spacial score (nSPS) is 26.3. The number of anilines is 1. The molecule has 0 aromatic carbocycles. The highest BCUT2D eigenvalue weighted by atomic mass is 16.2. The highest BCUT2D eigenvalue weighted by molar-refractivity contribution is 5.84. The van der Waals surface area contributed by atoms with E-state index in [1.807, 2.05) is 4.90 Å². The fraction of sp³-hybridized carbons (Fsp3) is 0.762. The summed E-state index contributed by atoms with van der Waals surface area (Å²) >= 11 is 0. The number of aromatic nitrogens is 2. The molecule has 0 spiro atoms. The summed E-state index contributed by atoms with van der Waals surface area (Å²) in [5, 5.41) is 0. The van der Waals surface area contributed by atoms with Gasteiger partial charge in [-0.1, -0.05) is 0 Å². The molecule has 4 aliphatic rings. The molecule has 3 fully saturated rings. The van der Waals surface area contributed by atoms with E-state index in [9.17, 15) is 4.79 Å². The summed E-state index contributed by atoms with van der Waals surface area (Å²) < 4.78 is 0. The summed E-state index contributed by atoms with van der Waals surface area (Å²) in [6.07, 6.45) is 6.94. The molecular formula is C21H31N5O.